The molecule has 1 rings (SSSR count). The molecule has 14 heavy (non-hydrogen) atoms. The molecule has 0 heterocycles. The predicted molar refractivity (Wildman–Crippen MR) is 60.1 cm³/mol. The largest absolute Gasteiger partial charge is 0.290 e. The van der Waals surface area contributed by atoms with E-state index in [-0.39, 0.29) is 5.78 Å². The monoisotopic (exact) mass is 192 g/mol. The molecule has 1 heteroatoms. The van der Waals surface area contributed by atoms with Crippen LogP contribution in [0.15, 0.2) is 24.3 Å². The first-order valence-corrected chi connectivity index (χ1v) is 5.36. The van der Waals surface area contributed by atoms with Gasteiger partial charge in [0, 0.05) is 0 Å². The van der Waals surface area contributed by atoms with Crippen molar-refractivity contribution >= 4 is 5.78 Å². The zero-order valence-electron chi connectivity index (χ0n) is 9.42. The molecule has 1 aliphatic carbocycles. The summed E-state index contributed by atoms with van der Waals surface area (Å²) in [5, 5.41) is 0. The lowest BCUT2D eigenvalue weighted by molar-refractivity contribution is -0.110. The molecule has 0 aliphatic heterocycles. The molecule has 1 atom stereocenters. The van der Waals surface area contributed by atoms with Crippen molar-refractivity contribution in [2.75, 3.05) is 0 Å². The maximum Gasteiger partial charge on any atom is 0.178 e. The average molecular weight is 192 g/mol. The fourth-order valence-electron chi connectivity index (χ4n) is 1.56. The van der Waals surface area contributed by atoms with E-state index in [1.807, 2.05) is 6.08 Å². The van der Waals surface area contributed by atoms with Crippen molar-refractivity contribution in [2.24, 2.45) is 11.3 Å². The SMILES string of the molecule is CC(C)(C)CCC1C=CC(=O)C=CC1. The van der Waals surface area contributed by atoms with Crippen molar-refractivity contribution in [3.63, 3.8) is 0 Å². The Morgan fingerprint density at radius 2 is 2.07 bits per heavy atom. The number of hydrogen-bond acceptors (Lipinski definition) is 1. The highest BCUT2D eigenvalue weighted by Crippen LogP contribution is 2.26. The summed E-state index contributed by atoms with van der Waals surface area (Å²) in [6, 6.07) is 0. The molecule has 1 unspecified atom stereocenters. The van der Waals surface area contributed by atoms with Crippen LogP contribution >= 0.6 is 0 Å². The smallest absolute Gasteiger partial charge is 0.178 e. The van der Waals surface area contributed by atoms with Crippen LogP contribution in [0.25, 0.3) is 0 Å². The molecule has 0 saturated heterocycles. The fraction of sp³-hybridized carbons (Fsp3) is 0.615. The molecule has 0 spiro atoms. The maximum absolute atomic E-state index is 11.1. The normalized spacial score (nSPS) is 22.5. The van der Waals surface area contributed by atoms with Crippen molar-refractivity contribution in [1.82, 2.24) is 0 Å². The van der Waals surface area contributed by atoms with Gasteiger partial charge in [0.15, 0.2) is 5.78 Å². The van der Waals surface area contributed by atoms with E-state index in [2.05, 4.69) is 26.8 Å². The molecule has 0 N–H and O–H groups in total. The van der Waals surface area contributed by atoms with Gasteiger partial charge in [0.05, 0.1) is 0 Å². The van der Waals surface area contributed by atoms with Crippen molar-refractivity contribution in [3.05, 3.63) is 24.3 Å². The van der Waals surface area contributed by atoms with Gasteiger partial charge in [0.25, 0.3) is 0 Å². The minimum atomic E-state index is 0.128. The number of carbonyl (C=O) groups excluding carboxylic acids is 1. The molecule has 1 nitrogen and oxygen atoms in total. The predicted octanol–water partition coefficient (Wildman–Crippen LogP) is 3.51. The topological polar surface area (TPSA) is 17.1 Å². The van der Waals surface area contributed by atoms with Crippen LogP contribution in [-0.2, 0) is 4.79 Å². The summed E-state index contributed by atoms with van der Waals surface area (Å²) >= 11 is 0. The van der Waals surface area contributed by atoms with Gasteiger partial charge in [-0.3, -0.25) is 4.79 Å². The van der Waals surface area contributed by atoms with Crippen LogP contribution in [0, 0.1) is 11.3 Å². The van der Waals surface area contributed by atoms with E-state index in [0.29, 0.717) is 11.3 Å². The van der Waals surface area contributed by atoms with Gasteiger partial charge in [-0.15, -0.1) is 0 Å². The van der Waals surface area contributed by atoms with Gasteiger partial charge < -0.3 is 0 Å². The number of rotatable bonds is 2. The van der Waals surface area contributed by atoms with Gasteiger partial charge in [0.1, 0.15) is 0 Å². The molecule has 1 aliphatic rings. The van der Waals surface area contributed by atoms with E-state index in [1.54, 1.807) is 12.2 Å². The zero-order valence-corrected chi connectivity index (χ0v) is 9.42. The summed E-state index contributed by atoms with van der Waals surface area (Å²) in [4.78, 5) is 11.1. The number of hydrogen-bond donors (Lipinski definition) is 0. The molecule has 0 aromatic rings. The lowest BCUT2D eigenvalue weighted by Crippen LogP contribution is -2.07. The Bertz CT molecular complexity index is 253. The third kappa shape index (κ3) is 4.40. The van der Waals surface area contributed by atoms with Crippen LogP contribution in [0.1, 0.15) is 40.0 Å². The van der Waals surface area contributed by atoms with Gasteiger partial charge in [0.2, 0.25) is 0 Å². The molecule has 0 amide bonds. The Morgan fingerprint density at radius 3 is 2.71 bits per heavy atom. The Hall–Kier alpha value is -0.850. The van der Waals surface area contributed by atoms with E-state index in [4.69, 9.17) is 0 Å². The van der Waals surface area contributed by atoms with E-state index < -0.39 is 0 Å². The van der Waals surface area contributed by atoms with Gasteiger partial charge in [-0.2, -0.15) is 0 Å². The second-order valence-corrected chi connectivity index (χ2v) is 5.26. The molecule has 78 valence electrons. The molecule has 0 fully saturated rings. The second kappa shape index (κ2) is 4.59. The van der Waals surface area contributed by atoms with Gasteiger partial charge in [-0.1, -0.05) is 32.9 Å². The Morgan fingerprint density at radius 1 is 1.36 bits per heavy atom. The number of allylic oxidation sites excluding steroid dienone is 4. The highest BCUT2D eigenvalue weighted by molar-refractivity contribution is 5.99. The van der Waals surface area contributed by atoms with E-state index in [1.165, 1.54) is 12.8 Å². The molecule has 0 aromatic carbocycles. The second-order valence-electron chi connectivity index (χ2n) is 5.26. The van der Waals surface area contributed by atoms with Crippen LogP contribution in [-0.4, -0.2) is 5.78 Å². The molecule has 0 saturated carbocycles. The van der Waals surface area contributed by atoms with Crippen molar-refractivity contribution in [1.29, 1.82) is 0 Å². The maximum atomic E-state index is 11.1. The van der Waals surface area contributed by atoms with Crippen LogP contribution in [0.3, 0.4) is 0 Å². The molecule has 0 radical (unpaired) electrons. The first-order chi connectivity index (χ1) is 6.47. The van der Waals surface area contributed by atoms with Crippen LogP contribution in [0.5, 0.6) is 0 Å². The summed E-state index contributed by atoms with van der Waals surface area (Å²) in [6.07, 6.45) is 10.8. The Kier molecular flexibility index (Phi) is 3.68. The molecular weight excluding hydrogens is 172 g/mol. The summed E-state index contributed by atoms with van der Waals surface area (Å²) in [5.74, 6) is 0.681. The van der Waals surface area contributed by atoms with E-state index in [9.17, 15) is 4.79 Å². The standard InChI is InChI=1S/C13H20O/c1-13(2,3)10-9-11-5-4-6-12(14)8-7-11/h4,6-8,11H,5,9-10H2,1-3H3. The van der Waals surface area contributed by atoms with Crippen LogP contribution in [0.2, 0.25) is 0 Å². The fourth-order valence-corrected chi connectivity index (χ4v) is 1.56. The molecule has 0 bridgehead atoms. The van der Waals surface area contributed by atoms with Crippen molar-refractivity contribution in [3.8, 4) is 0 Å². The average Bonchev–Trinajstić information content (AvgIpc) is 2.25. The lowest BCUT2D eigenvalue weighted by Gasteiger charge is -2.20. The summed E-state index contributed by atoms with van der Waals surface area (Å²) in [7, 11) is 0. The minimum absolute atomic E-state index is 0.128. The van der Waals surface area contributed by atoms with Gasteiger partial charge in [-0.25, -0.2) is 0 Å². The van der Waals surface area contributed by atoms with Gasteiger partial charge in [-0.05, 0) is 42.7 Å². The third-order valence-electron chi connectivity index (χ3n) is 2.52. The summed E-state index contributed by atoms with van der Waals surface area (Å²) in [5.41, 5.74) is 0.397. The number of ketones is 1. The summed E-state index contributed by atoms with van der Waals surface area (Å²) in [6.45, 7) is 6.78. The first-order valence-electron chi connectivity index (χ1n) is 5.36. The first kappa shape index (κ1) is 11.2. The molecule has 0 aromatic heterocycles. The van der Waals surface area contributed by atoms with Gasteiger partial charge >= 0.3 is 0 Å². The van der Waals surface area contributed by atoms with E-state index >= 15 is 0 Å². The lowest BCUT2D eigenvalue weighted by atomic mass is 9.86. The van der Waals surface area contributed by atoms with E-state index in [0.717, 1.165) is 6.42 Å². The Labute approximate surface area is 86.9 Å². The Balaban J connectivity index is 2.43. The zero-order chi connectivity index (χ0) is 10.6. The van der Waals surface area contributed by atoms with Crippen LogP contribution in [0.4, 0.5) is 0 Å². The highest BCUT2D eigenvalue weighted by Gasteiger charge is 2.13. The quantitative estimate of drug-likeness (QED) is 0.654. The minimum Gasteiger partial charge on any atom is -0.290 e. The van der Waals surface area contributed by atoms with Crippen molar-refractivity contribution in [2.45, 2.75) is 40.0 Å². The highest BCUT2D eigenvalue weighted by atomic mass is 16.1. The summed E-state index contributed by atoms with van der Waals surface area (Å²) < 4.78 is 0. The van der Waals surface area contributed by atoms with Crippen molar-refractivity contribution < 1.29 is 4.79 Å². The number of carbonyl (C=O) groups is 1. The van der Waals surface area contributed by atoms with Crippen LogP contribution < -0.4 is 0 Å². The molecular formula is C13H20O. The third-order valence-corrected chi connectivity index (χ3v) is 2.52.